The smallest absolute Gasteiger partial charge is 0.411 e. The molecule has 0 fully saturated rings. The first-order valence-electron chi connectivity index (χ1n) is 6.64. The fourth-order valence-corrected chi connectivity index (χ4v) is 2.07. The Kier molecular flexibility index (Phi) is 4.83. The quantitative estimate of drug-likeness (QED) is 0.711. The summed E-state index contributed by atoms with van der Waals surface area (Å²) in [6, 6.07) is 4.81. The van der Waals surface area contributed by atoms with E-state index in [-0.39, 0.29) is 17.1 Å². The normalized spacial score (nSPS) is 10.1. The van der Waals surface area contributed by atoms with Gasteiger partial charge in [-0.1, -0.05) is 6.07 Å². The molecule has 0 aliphatic heterocycles. The van der Waals surface area contributed by atoms with E-state index in [1.54, 1.807) is 18.2 Å². The van der Waals surface area contributed by atoms with Crippen LogP contribution in [0.25, 0.3) is 11.3 Å². The molecule has 24 heavy (non-hydrogen) atoms. The van der Waals surface area contributed by atoms with Gasteiger partial charge in [0.25, 0.3) is 5.88 Å². The first-order chi connectivity index (χ1) is 11.4. The van der Waals surface area contributed by atoms with Crippen LogP contribution in [0.3, 0.4) is 0 Å². The number of carbonyl (C=O) groups excluding carboxylic acids is 1. The van der Waals surface area contributed by atoms with Gasteiger partial charge in [-0.2, -0.15) is 0 Å². The number of carbonyl (C=O) groups is 2. The summed E-state index contributed by atoms with van der Waals surface area (Å²) in [4.78, 5) is 22.0. The first-order valence-corrected chi connectivity index (χ1v) is 6.64. The van der Waals surface area contributed by atoms with Gasteiger partial charge in [0.05, 0.1) is 19.8 Å². The van der Waals surface area contributed by atoms with E-state index in [1.165, 1.54) is 14.2 Å². The van der Waals surface area contributed by atoms with Gasteiger partial charge in [-0.3, -0.25) is 10.1 Å². The van der Waals surface area contributed by atoms with Crippen molar-refractivity contribution in [3.63, 3.8) is 0 Å². The van der Waals surface area contributed by atoms with Crippen LogP contribution < -0.4 is 19.5 Å². The molecule has 2 aromatic rings. The summed E-state index contributed by atoms with van der Waals surface area (Å²) in [6.07, 6.45) is -1.46. The zero-order valence-electron chi connectivity index (χ0n) is 13.1. The number of esters is 1. The largest absolute Gasteiger partial charge is 0.502 e. The van der Waals surface area contributed by atoms with Crippen molar-refractivity contribution in [3.05, 3.63) is 18.2 Å². The molecule has 0 unspecified atom stereocenters. The lowest BCUT2D eigenvalue weighted by Crippen LogP contribution is -2.09. The Morgan fingerprint density at radius 1 is 1.17 bits per heavy atom. The van der Waals surface area contributed by atoms with Crippen LogP contribution in [-0.4, -0.2) is 36.5 Å². The SMILES string of the molecule is COc1cccc(-c2oc(NC(=O)O)c(OC(C)=O)c2O)c1OC. The minimum atomic E-state index is -1.46. The number of hydrogen-bond donors (Lipinski definition) is 3. The van der Waals surface area contributed by atoms with Gasteiger partial charge < -0.3 is 28.8 Å². The predicted octanol–water partition coefficient (Wildman–Crippen LogP) is 2.68. The fraction of sp³-hybridized carbons (Fsp3) is 0.200. The number of hydrogen-bond acceptors (Lipinski definition) is 7. The van der Waals surface area contributed by atoms with Gasteiger partial charge in [-0.25, -0.2) is 4.79 Å². The summed E-state index contributed by atoms with van der Waals surface area (Å²) in [5.74, 6) is -1.72. The van der Waals surface area contributed by atoms with E-state index in [9.17, 15) is 14.7 Å². The minimum absolute atomic E-state index is 0.147. The Bertz CT molecular complexity index is 780. The van der Waals surface area contributed by atoms with Gasteiger partial charge in [-0.05, 0) is 12.1 Å². The minimum Gasteiger partial charge on any atom is -0.502 e. The second kappa shape index (κ2) is 6.82. The fourth-order valence-electron chi connectivity index (χ4n) is 2.07. The average molecular weight is 337 g/mol. The van der Waals surface area contributed by atoms with E-state index in [0.717, 1.165) is 6.92 Å². The van der Waals surface area contributed by atoms with E-state index >= 15 is 0 Å². The molecule has 0 spiro atoms. The van der Waals surface area contributed by atoms with E-state index in [1.807, 2.05) is 5.32 Å². The van der Waals surface area contributed by atoms with Crippen LogP contribution in [-0.2, 0) is 4.79 Å². The van der Waals surface area contributed by atoms with Crippen LogP contribution in [0.4, 0.5) is 10.7 Å². The summed E-state index contributed by atoms with van der Waals surface area (Å²) >= 11 is 0. The van der Waals surface area contributed by atoms with Crippen molar-refractivity contribution in [1.29, 1.82) is 0 Å². The molecule has 0 saturated carbocycles. The van der Waals surface area contributed by atoms with Crippen LogP contribution in [0.1, 0.15) is 6.92 Å². The molecule has 1 aromatic heterocycles. The number of ether oxygens (including phenoxy) is 3. The standard InChI is InChI=1S/C15H15NO8/c1-7(17)23-13-10(18)12(24-14(13)16-15(19)20)8-5-4-6-9(21-2)11(8)22-3/h4-6,16,18H,1-3H3,(H,19,20). The zero-order chi connectivity index (χ0) is 17.9. The molecule has 0 bridgehead atoms. The second-order valence-electron chi connectivity index (χ2n) is 4.50. The number of para-hydroxylation sites is 1. The molecule has 0 aliphatic rings. The summed E-state index contributed by atoms with van der Waals surface area (Å²) in [7, 11) is 2.83. The Morgan fingerprint density at radius 3 is 2.42 bits per heavy atom. The average Bonchev–Trinajstić information content (AvgIpc) is 2.82. The predicted molar refractivity (Wildman–Crippen MR) is 81.9 cm³/mol. The number of furan rings is 1. The van der Waals surface area contributed by atoms with Crippen molar-refractivity contribution in [2.24, 2.45) is 0 Å². The molecule has 1 amide bonds. The third-order valence-electron chi connectivity index (χ3n) is 2.95. The van der Waals surface area contributed by atoms with Gasteiger partial charge in [0, 0.05) is 6.92 Å². The zero-order valence-corrected chi connectivity index (χ0v) is 13.1. The lowest BCUT2D eigenvalue weighted by atomic mass is 10.1. The molecule has 0 saturated heterocycles. The highest BCUT2D eigenvalue weighted by Crippen LogP contribution is 2.50. The molecule has 128 valence electrons. The number of methoxy groups -OCH3 is 2. The van der Waals surface area contributed by atoms with Gasteiger partial charge in [0.2, 0.25) is 11.5 Å². The van der Waals surface area contributed by atoms with Crippen molar-refractivity contribution in [3.8, 4) is 34.3 Å². The highest BCUT2D eigenvalue weighted by atomic mass is 16.6. The maximum absolute atomic E-state index is 11.2. The monoisotopic (exact) mass is 337 g/mol. The maximum atomic E-state index is 11.2. The lowest BCUT2D eigenvalue weighted by Gasteiger charge is -2.10. The van der Waals surface area contributed by atoms with Crippen LogP contribution >= 0.6 is 0 Å². The van der Waals surface area contributed by atoms with Gasteiger partial charge in [0.1, 0.15) is 0 Å². The Morgan fingerprint density at radius 2 is 1.88 bits per heavy atom. The van der Waals surface area contributed by atoms with Crippen molar-refractivity contribution in [2.45, 2.75) is 6.92 Å². The van der Waals surface area contributed by atoms with Gasteiger partial charge in [-0.15, -0.1) is 0 Å². The van der Waals surface area contributed by atoms with Gasteiger partial charge >= 0.3 is 12.1 Å². The van der Waals surface area contributed by atoms with E-state index in [2.05, 4.69) is 0 Å². The third kappa shape index (κ3) is 3.19. The summed E-state index contributed by atoms with van der Waals surface area (Å²) in [6.45, 7) is 1.10. The lowest BCUT2D eigenvalue weighted by molar-refractivity contribution is -0.132. The van der Waals surface area contributed by atoms with Crippen molar-refractivity contribution >= 4 is 17.9 Å². The highest BCUT2D eigenvalue weighted by molar-refractivity contribution is 5.89. The molecule has 9 nitrogen and oxygen atoms in total. The van der Waals surface area contributed by atoms with E-state index in [4.69, 9.17) is 23.7 Å². The first kappa shape index (κ1) is 17.0. The molecule has 1 heterocycles. The number of nitrogens with one attached hydrogen (secondary N) is 1. The molecular formula is C15H15NO8. The Balaban J connectivity index is 2.65. The number of carboxylic acid groups (broad SMARTS) is 1. The number of aromatic hydroxyl groups is 1. The molecule has 3 N–H and O–H groups in total. The van der Waals surface area contributed by atoms with Crippen LogP contribution in [0.2, 0.25) is 0 Å². The maximum Gasteiger partial charge on any atom is 0.411 e. The molecule has 2 rings (SSSR count). The number of rotatable bonds is 5. The number of anilines is 1. The Hall–Kier alpha value is -3.36. The Labute approximate surface area is 136 Å². The molecule has 0 aliphatic carbocycles. The highest BCUT2D eigenvalue weighted by Gasteiger charge is 2.28. The summed E-state index contributed by atoms with van der Waals surface area (Å²) in [5.41, 5.74) is 0.279. The third-order valence-corrected chi connectivity index (χ3v) is 2.95. The summed E-state index contributed by atoms with van der Waals surface area (Å²) < 4.78 is 20.6. The number of amides is 1. The molecule has 9 heteroatoms. The molecular weight excluding hydrogens is 322 g/mol. The second-order valence-corrected chi connectivity index (χ2v) is 4.50. The summed E-state index contributed by atoms with van der Waals surface area (Å²) in [5, 5.41) is 21.1. The van der Waals surface area contributed by atoms with Crippen LogP contribution in [0.5, 0.6) is 23.0 Å². The molecule has 1 aromatic carbocycles. The van der Waals surface area contributed by atoms with Gasteiger partial charge in [0.15, 0.2) is 17.3 Å². The molecule has 0 atom stereocenters. The van der Waals surface area contributed by atoms with Crippen LogP contribution in [0, 0.1) is 0 Å². The number of benzene rings is 1. The van der Waals surface area contributed by atoms with Crippen molar-refractivity contribution in [1.82, 2.24) is 0 Å². The van der Waals surface area contributed by atoms with Crippen molar-refractivity contribution in [2.75, 3.05) is 19.5 Å². The molecule has 0 radical (unpaired) electrons. The van der Waals surface area contributed by atoms with E-state index < -0.39 is 29.4 Å². The topological polar surface area (TPSA) is 127 Å². The van der Waals surface area contributed by atoms with E-state index in [0.29, 0.717) is 5.75 Å². The van der Waals surface area contributed by atoms with Crippen LogP contribution in [0.15, 0.2) is 22.6 Å². The van der Waals surface area contributed by atoms with Crippen molar-refractivity contribution < 1.29 is 38.4 Å².